The monoisotopic (exact) mass is 368 g/mol. The molecule has 0 bridgehead atoms. The SMILES string of the molecule is COc1ccccc1/C=N\NC(=O)c1ccc2nc(SC(C)C)[nH]c2c1. The van der Waals surface area contributed by atoms with Crippen LogP contribution in [0, 0.1) is 0 Å². The molecule has 0 aliphatic rings. The van der Waals surface area contributed by atoms with Gasteiger partial charge in [0, 0.05) is 16.4 Å². The van der Waals surface area contributed by atoms with E-state index in [0.717, 1.165) is 21.8 Å². The van der Waals surface area contributed by atoms with E-state index in [-0.39, 0.29) is 5.91 Å². The number of methoxy groups -OCH3 is 1. The number of hydrazone groups is 1. The van der Waals surface area contributed by atoms with Crippen LogP contribution in [0.3, 0.4) is 0 Å². The maximum Gasteiger partial charge on any atom is 0.271 e. The Morgan fingerprint density at radius 2 is 2.12 bits per heavy atom. The number of aromatic amines is 1. The second-order valence-corrected chi connectivity index (χ2v) is 7.45. The molecule has 0 unspecified atom stereocenters. The normalized spacial score (nSPS) is 11.4. The number of rotatable bonds is 6. The first kappa shape index (κ1) is 18.0. The van der Waals surface area contributed by atoms with Crippen molar-refractivity contribution in [1.82, 2.24) is 15.4 Å². The lowest BCUT2D eigenvalue weighted by Gasteiger charge is -2.03. The number of aromatic nitrogens is 2. The first-order chi connectivity index (χ1) is 12.6. The largest absolute Gasteiger partial charge is 0.496 e. The Kier molecular flexibility index (Phi) is 5.58. The predicted octanol–water partition coefficient (Wildman–Crippen LogP) is 3.84. The van der Waals surface area contributed by atoms with Gasteiger partial charge in [-0.15, -0.1) is 0 Å². The van der Waals surface area contributed by atoms with Crippen LogP contribution < -0.4 is 10.2 Å². The zero-order chi connectivity index (χ0) is 18.5. The van der Waals surface area contributed by atoms with Gasteiger partial charge < -0.3 is 9.72 Å². The van der Waals surface area contributed by atoms with E-state index >= 15 is 0 Å². The number of amides is 1. The zero-order valence-electron chi connectivity index (χ0n) is 14.8. The van der Waals surface area contributed by atoms with Crippen molar-refractivity contribution in [2.24, 2.45) is 5.10 Å². The van der Waals surface area contributed by atoms with Gasteiger partial charge >= 0.3 is 0 Å². The number of nitrogens with zero attached hydrogens (tertiary/aromatic N) is 2. The number of nitrogens with one attached hydrogen (secondary N) is 2. The van der Waals surface area contributed by atoms with Crippen molar-refractivity contribution in [2.45, 2.75) is 24.3 Å². The van der Waals surface area contributed by atoms with Crippen molar-refractivity contribution in [3.05, 3.63) is 53.6 Å². The third-order valence-electron chi connectivity index (χ3n) is 3.58. The summed E-state index contributed by atoms with van der Waals surface area (Å²) in [4.78, 5) is 20.1. The number of para-hydroxylation sites is 1. The molecule has 0 aliphatic heterocycles. The molecule has 26 heavy (non-hydrogen) atoms. The van der Waals surface area contributed by atoms with Gasteiger partial charge in [-0.3, -0.25) is 4.79 Å². The zero-order valence-corrected chi connectivity index (χ0v) is 15.6. The number of thioether (sulfide) groups is 1. The summed E-state index contributed by atoms with van der Waals surface area (Å²) < 4.78 is 5.25. The van der Waals surface area contributed by atoms with Gasteiger partial charge in [-0.05, 0) is 30.3 Å². The van der Waals surface area contributed by atoms with Crippen LogP contribution in [0.5, 0.6) is 5.75 Å². The van der Waals surface area contributed by atoms with Crippen LogP contribution in [0.2, 0.25) is 0 Å². The van der Waals surface area contributed by atoms with Crippen LogP contribution >= 0.6 is 11.8 Å². The van der Waals surface area contributed by atoms with E-state index in [1.54, 1.807) is 37.2 Å². The highest BCUT2D eigenvalue weighted by Gasteiger charge is 2.10. The van der Waals surface area contributed by atoms with E-state index in [0.29, 0.717) is 16.6 Å². The lowest BCUT2D eigenvalue weighted by Crippen LogP contribution is -2.17. The summed E-state index contributed by atoms with van der Waals surface area (Å²) >= 11 is 1.65. The summed E-state index contributed by atoms with van der Waals surface area (Å²) in [5.74, 6) is 0.408. The Morgan fingerprint density at radius 1 is 1.31 bits per heavy atom. The number of imidazole rings is 1. The van der Waals surface area contributed by atoms with E-state index in [1.165, 1.54) is 0 Å². The van der Waals surface area contributed by atoms with Gasteiger partial charge in [-0.1, -0.05) is 37.7 Å². The molecule has 0 aliphatic carbocycles. The molecule has 1 aromatic heterocycles. The first-order valence-electron chi connectivity index (χ1n) is 8.19. The third kappa shape index (κ3) is 4.23. The van der Waals surface area contributed by atoms with Crippen molar-refractivity contribution in [3.63, 3.8) is 0 Å². The molecular weight excluding hydrogens is 348 g/mol. The number of hydrogen-bond acceptors (Lipinski definition) is 5. The molecule has 134 valence electrons. The number of fused-ring (bicyclic) bond motifs is 1. The summed E-state index contributed by atoms with van der Waals surface area (Å²) in [5, 5.41) is 5.30. The van der Waals surface area contributed by atoms with Crippen LogP contribution in [-0.4, -0.2) is 34.4 Å². The molecule has 0 saturated heterocycles. The summed E-state index contributed by atoms with van der Waals surface area (Å²) in [6.45, 7) is 4.22. The Bertz CT molecular complexity index is 950. The number of ether oxygens (including phenoxy) is 1. The third-order valence-corrected chi connectivity index (χ3v) is 4.47. The molecule has 1 amide bonds. The van der Waals surface area contributed by atoms with Gasteiger partial charge in [0.15, 0.2) is 5.16 Å². The lowest BCUT2D eigenvalue weighted by molar-refractivity contribution is 0.0955. The van der Waals surface area contributed by atoms with Gasteiger partial charge in [0.2, 0.25) is 0 Å². The molecule has 6 nitrogen and oxygen atoms in total. The Labute approximate surface area is 156 Å². The molecule has 3 rings (SSSR count). The van der Waals surface area contributed by atoms with Crippen molar-refractivity contribution < 1.29 is 9.53 Å². The summed E-state index contributed by atoms with van der Waals surface area (Å²) in [5.41, 5.74) is 5.50. The lowest BCUT2D eigenvalue weighted by atomic mass is 10.2. The smallest absolute Gasteiger partial charge is 0.271 e. The van der Waals surface area contributed by atoms with E-state index in [2.05, 4.69) is 34.3 Å². The second kappa shape index (κ2) is 8.05. The fourth-order valence-electron chi connectivity index (χ4n) is 2.40. The highest BCUT2D eigenvalue weighted by Crippen LogP contribution is 2.23. The number of hydrogen-bond donors (Lipinski definition) is 2. The summed E-state index contributed by atoms with van der Waals surface area (Å²) in [6, 6.07) is 12.8. The first-order valence-corrected chi connectivity index (χ1v) is 9.07. The topological polar surface area (TPSA) is 79.4 Å². The number of benzene rings is 2. The molecule has 1 heterocycles. The van der Waals surface area contributed by atoms with Gasteiger partial charge in [-0.2, -0.15) is 5.10 Å². The fourth-order valence-corrected chi connectivity index (χ4v) is 3.17. The number of H-pyrrole nitrogens is 1. The van der Waals surface area contributed by atoms with E-state index in [9.17, 15) is 4.79 Å². The van der Waals surface area contributed by atoms with Gasteiger partial charge in [-0.25, -0.2) is 10.4 Å². The standard InChI is InChI=1S/C19H20N4O2S/c1-12(2)26-19-21-15-9-8-13(10-16(15)22-19)18(24)23-20-11-14-6-4-5-7-17(14)25-3/h4-12H,1-3H3,(H,21,22)(H,23,24)/b20-11-. The molecule has 0 saturated carbocycles. The molecule has 2 aromatic carbocycles. The van der Waals surface area contributed by atoms with Crippen LogP contribution in [0.25, 0.3) is 11.0 Å². The Hall–Kier alpha value is -2.80. The minimum Gasteiger partial charge on any atom is -0.496 e. The average molecular weight is 368 g/mol. The van der Waals surface area contributed by atoms with Gasteiger partial charge in [0.05, 0.1) is 24.4 Å². The summed E-state index contributed by atoms with van der Waals surface area (Å²) in [7, 11) is 1.59. The van der Waals surface area contributed by atoms with Crippen molar-refractivity contribution in [1.29, 1.82) is 0 Å². The second-order valence-electron chi connectivity index (χ2n) is 5.88. The molecular formula is C19H20N4O2S. The minimum absolute atomic E-state index is 0.286. The van der Waals surface area contributed by atoms with E-state index in [1.807, 2.05) is 30.3 Å². The average Bonchev–Trinajstić information content (AvgIpc) is 3.02. The van der Waals surface area contributed by atoms with Crippen LogP contribution in [0.1, 0.15) is 29.8 Å². The number of carbonyl (C=O) groups excluding carboxylic acids is 1. The fraction of sp³-hybridized carbons (Fsp3) is 0.211. The summed E-state index contributed by atoms with van der Waals surface area (Å²) in [6.07, 6.45) is 1.56. The molecule has 2 N–H and O–H groups in total. The van der Waals surface area contributed by atoms with Crippen LogP contribution in [0.15, 0.2) is 52.7 Å². The van der Waals surface area contributed by atoms with Crippen molar-refractivity contribution >= 4 is 34.9 Å². The van der Waals surface area contributed by atoms with Crippen molar-refractivity contribution in [3.8, 4) is 5.75 Å². The molecule has 0 radical (unpaired) electrons. The molecule has 0 spiro atoms. The van der Waals surface area contributed by atoms with Gasteiger partial charge in [0.1, 0.15) is 5.75 Å². The maximum absolute atomic E-state index is 12.3. The molecule has 0 fully saturated rings. The Morgan fingerprint density at radius 3 is 2.88 bits per heavy atom. The van der Waals surface area contributed by atoms with E-state index < -0.39 is 0 Å². The molecule has 0 atom stereocenters. The maximum atomic E-state index is 12.3. The number of carbonyl (C=O) groups is 1. The predicted molar refractivity (Wildman–Crippen MR) is 105 cm³/mol. The van der Waals surface area contributed by atoms with Crippen LogP contribution in [0.4, 0.5) is 0 Å². The quantitative estimate of drug-likeness (QED) is 0.394. The molecule has 7 heteroatoms. The highest BCUT2D eigenvalue weighted by atomic mass is 32.2. The molecule has 3 aromatic rings. The van der Waals surface area contributed by atoms with Gasteiger partial charge in [0.25, 0.3) is 5.91 Å². The van der Waals surface area contributed by atoms with E-state index in [4.69, 9.17) is 4.74 Å². The minimum atomic E-state index is -0.286. The van der Waals surface area contributed by atoms with Crippen LogP contribution in [-0.2, 0) is 0 Å². The Balaban J connectivity index is 1.72. The van der Waals surface area contributed by atoms with Crippen molar-refractivity contribution in [2.75, 3.05) is 7.11 Å². The highest BCUT2D eigenvalue weighted by molar-refractivity contribution is 7.99.